The van der Waals surface area contributed by atoms with Crippen molar-refractivity contribution in [2.45, 2.75) is 52.4 Å². The molecule has 0 aromatic rings. The lowest BCUT2D eigenvalue weighted by Gasteiger charge is -2.03. The highest BCUT2D eigenvalue weighted by molar-refractivity contribution is 7.89. The summed E-state index contributed by atoms with van der Waals surface area (Å²) >= 11 is 0. The van der Waals surface area contributed by atoms with E-state index in [1.165, 1.54) is 25.7 Å². The zero-order valence-corrected chi connectivity index (χ0v) is 10.2. The van der Waals surface area contributed by atoms with Gasteiger partial charge in [-0.25, -0.2) is 13.1 Å². The molecular weight excluding hydrogens is 198 g/mol. The summed E-state index contributed by atoms with van der Waals surface area (Å²) in [4.78, 5) is 0. The molecule has 0 rings (SSSR count). The van der Waals surface area contributed by atoms with Crippen molar-refractivity contribution in [2.75, 3.05) is 12.3 Å². The van der Waals surface area contributed by atoms with Crippen molar-refractivity contribution in [3.63, 3.8) is 0 Å². The normalized spacial score (nSPS) is 11.9. The molecule has 0 unspecified atom stereocenters. The van der Waals surface area contributed by atoms with Gasteiger partial charge in [-0.3, -0.25) is 0 Å². The van der Waals surface area contributed by atoms with Crippen molar-refractivity contribution in [1.82, 2.24) is 4.72 Å². The number of sulfonamides is 1. The van der Waals surface area contributed by atoms with Crippen LogP contribution in [0.3, 0.4) is 0 Å². The van der Waals surface area contributed by atoms with E-state index in [9.17, 15) is 8.42 Å². The van der Waals surface area contributed by atoms with Crippen molar-refractivity contribution in [3.05, 3.63) is 0 Å². The standard InChI is InChI=1S/C10H23NO2S/c1-3-5-6-7-8-9-10-11-14(12,13)4-2/h11H,3-10H2,1-2H3. The van der Waals surface area contributed by atoms with Crippen LogP contribution in [-0.4, -0.2) is 20.7 Å². The quantitative estimate of drug-likeness (QED) is 0.607. The van der Waals surface area contributed by atoms with Crippen molar-refractivity contribution in [1.29, 1.82) is 0 Å². The van der Waals surface area contributed by atoms with Gasteiger partial charge < -0.3 is 0 Å². The van der Waals surface area contributed by atoms with E-state index in [0.29, 0.717) is 6.54 Å². The molecule has 0 aromatic heterocycles. The molecule has 0 saturated heterocycles. The number of hydrogen-bond acceptors (Lipinski definition) is 2. The maximum Gasteiger partial charge on any atom is 0.211 e. The molecule has 3 nitrogen and oxygen atoms in total. The second-order valence-corrected chi connectivity index (χ2v) is 5.66. The van der Waals surface area contributed by atoms with E-state index in [-0.39, 0.29) is 5.75 Å². The van der Waals surface area contributed by atoms with E-state index >= 15 is 0 Å². The topological polar surface area (TPSA) is 46.2 Å². The van der Waals surface area contributed by atoms with Gasteiger partial charge in [0.25, 0.3) is 0 Å². The van der Waals surface area contributed by atoms with Gasteiger partial charge in [0.1, 0.15) is 0 Å². The van der Waals surface area contributed by atoms with Gasteiger partial charge in [-0.1, -0.05) is 39.0 Å². The van der Waals surface area contributed by atoms with E-state index in [0.717, 1.165) is 12.8 Å². The van der Waals surface area contributed by atoms with E-state index in [1.54, 1.807) is 6.92 Å². The monoisotopic (exact) mass is 221 g/mol. The zero-order valence-electron chi connectivity index (χ0n) is 9.38. The first-order valence-electron chi connectivity index (χ1n) is 5.59. The molecule has 1 N–H and O–H groups in total. The molecule has 0 saturated carbocycles. The minimum atomic E-state index is -2.97. The Balaban J connectivity index is 3.22. The van der Waals surface area contributed by atoms with Crippen LogP contribution in [0.5, 0.6) is 0 Å². The smallest absolute Gasteiger partial charge is 0.211 e. The Morgan fingerprint density at radius 3 is 2.07 bits per heavy atom. The first-order chi connectivity index (χ1) is 6.62. The molecule has 0 amide bonds. The molecule has 0 aliphatic carbocycles. The molecule has 0 fully saturated rings. The highest BCUT2D eigenvalue weighted by Crippen LogP contribution is 2.04. The average Bonchev–Trinajstić information content (AvgIpc) is 2.16. The molecule has 0 aromatic carbocycles. The summed E-state index contributed by atoms with van der Waals surface area (Å²) in [5.41, 5.74) is 0. The van der Waals surface area contributed by atoms with Crippen LogP contribution in [-0.2, 0) is 10.0 Å². The van der Waals surface area contributed by atoms with E-state index in [2.05, 4.69) is 11.6 Å². The van der Waals surface area contributed by atoms with Gasteiger partial charge in [-0.05, 0) is 13.3 Å². The second kappa shape index (κ2) is 8.24. The molecule has 0 bridgehead atoms. The lowest BCUT2D eigenvalue weighted by molar-refractivity contribution is 0.568. The third-order valence-electron chi connectivity index (χ3n) is 2.23. The first-order valence-corrected chi connectivity index (χ1v) is 7.25. The van der Waals surface area contributed by atoms with E-state index in [4.69, 9.17) is 0 Å². The van der Waals surface area contributed by atoms with Gasteiger partial charge in [0.15, 0.2) is 0 Å². The Bertz CT molecular complexity index is 212. The van der Waals surface area contributed by atoms with E-state index in [1.807, 2.05) is 0 Å². The van der Waals surface area contributed by atoms with Crippen LogP contribution in [0.15, 0.2) is 0 Å². The van der Waals surface area contributed by atoms with Crippen LogP contribution in [0.1, 0.15) is 52.4 Å². The van der Waals surface area contributed by atoms with Crippen LogP contribution >= 0.6 is 0 Å². The first kappa shape index (κ1) is 13.9. The van der Waals surface area contributed by atoms with Crippen molar-refractivity contribution in [2.24, 2.45) is 0 Å². The highest BCUT2D eigenvalue weighted by atomic mass is 32.2. The number of unbranched alkanes of at least 4 members (excludes halogenated alkanes) is 5. The fraction of sp³-hybridized carbons (Fsp3) is 1.00. The Morgan fingerprint density at radius 2 is 1.50 bits per heavy atom. The molecule has 0 spiro atoms. The van der Waals surface area contributed by atoms with Gasteiger partial charge in [-0.15, -0.1) is 0 Å². The molecule has 0 atom stereocenters. The van der Waals surface area contributed by atoms with Crippen molar-refractivity contribution in [3.8, 4) is 0 Å². The molecule has 0 aliphatic heterocycles. The predicted octanol–water partition coefficient (Wildman–Crippen LogP) is 2.29. The second-order valence-electron chi connectivity index (χ2n) is 3.57. The number of nitrogens with one attached hydrogen (secondary N) is 1. The summed E-state index contributed by atoms with van der Waals surface area (Å²) in [6, 6.07) is 0. The zero-order chi connectivity index (χ0) is 10.9. The fourth-order valence-electron chi connectivity index (χ4n) is 1.24. The van der Waals surface area contributed by atoms with Crippen LogP contribution in [0.2, 0.25) is 0 Å². The third-order valence-corrected chi connectivity index (χ3v) is 3.64. The van der Waals surface area contributed by atoms with Gasteiger partial charge in [0.2, 0.25) is 10.0 Å². The Labute approximate surface area is 88.3 Å². The molecule has 86 valence electrons. The summed E-state index contributed by atoms with van der Waals surface area (Å²) < 4.78 is 24.6. The van der Waals surface area contributed by atoms with Gasteiger partial charge in [0.05, 0.1) is 5.75 Å². The summed E-state index contributed by atoms with van der Waals surface area (Å²) in [6.07, 6.45) is 7.14. The summed E-state index contributed by atoms with van der Waals surface area (Å²) in [5, 5.41) is 0. The Morgan fingerprint density at radius 1 is 0.929 bits per heavy atom. The van der Waals surface area contributed by atoms with Gasteiger partial charge in [0, 0.05) is 6.54 Å². The van der Waals surface area contributed by atoms with Crippen molar-refractivity contribution >= 4 is 10.0 Å². The minimum absolute atomic E-state index is 0.183. The average molecular weight is 221 g/mol. The maximum atomic E-state index is 11.0. The van der Waals surface area contributed by atoms with E-state index < -0.39 is 10.0 Å². The molecule has 0 radical (unpaired) electrons. The Hall–Kier alpha value is -0.0900. The van der Waals surface area contributed by atoms with Crippen LogP contribution in [0.25, 0.3) is 0 Å². The van der Waals surface area contributed by atoms with Crippen LogP contribution < -0.4 is 4.72 Å². The minimum Gasteiger partial charge on any atom is -0.215 e. The molecular formula is C10H23NO2S. The van der Waals surface area contributed by atoms with Crippen molar-refractivity contribution < 1.29 is 8.42 Å². The lowest BCUT2D eigenvalue weighted by atomic mass is 10.1. The van der Waals surface area contributed by atoms with Crippen LogP contribution in [0.4, 0.5) is 0 Å². The molecule has 4 heteroatoms. The summed E-state index contributed by atoms with van der Waals surface area (Å²) in [5.74, 6) is 0.183. The maximum absolute atomic E-state index is 11.0. The molecule has 0 aliphatic rings. The van der Waals surface area contributed by atoms with Gasteiger partial charge >= 0.3 is 0 Å². The summed E-state index contributed by atoms with van der Waals surface area (Å²) in [6.45, 7) is 4.45. The largest absolute Gasteiger partial charge is 0.215 e. The third kappa shape index (κ3) is 8.51. The predicted molar refractivity (Wildman–Crippen MR) is 60.8 cm³/mol. The number of rotatable bonds is 9. The molecule has 0 heterocycles. The Kier molecular flexibility index (Phi) is 8.18. The lowest BCUT2D eigenvalue weighted by Crippen LogP contribution is -2.26. The van der Waals surface area contributed by atoms with Gasteiger partial charge in [-0.2, -0.15) is 0 Å². The fourth-order valence-corrected chi connectivity index (χ4v) is 1.89. The SMILES string of the molecule is CCCCCCCCNS(=O)(=O)CC. The summed E-state index contributed by atoms with van der Waals surface area (Å²) in [7, 11) is -2.97. The molecule has 14 heavy (non-hydrogen) atoms. The highest BCUT2D eigenvalue weighted by Gasteiger charge is 2.03. The number of hydrogen-bond donors (Lipinski definition) is 1. The van der Waals surface area contributed by atoms with Crippen LogP contribution in [0, 0.1) is 0 Å².